The van der Waals surface area contributed by atoms with Crippen molar-refractivity contribution in [3.05, 3.63) is 89.1 Å². The fourth-order valence-electron chi connectivity index (χ4n) is 3.70. The van der Waals surface area contributed by atoms with Crippen LogP contribution in [0.1, 0.15) is 29.2 Å². The van der Waals surface area contributed by atoms with E-state index < -0.39 is 0 Å². The molecule has 2 aromatic carbocycles. The molecule has 0 bridgehead atoms. The van der Waals surface area contributed by atoms with E-state index in [-0.39, 0.29) is 0 Å². The molecule has 0 atom stereocenters. The van der Waals surface area contributed by atoms with Gasteiger partial charge in [0.25, 0.3) is 0 Å². The molecule has 3 aromatic rings. The SMILES string of the molecule is CC=CC=Cc1cc2c(c(-c3ccc[nH]3)c1C)Cc1ccccc1-2. The van der Waals surface area contributed by atoms with Gasteiger partial charge >= 0.3 is 0 Å². The number of allylic oxidation sites excluding steroid dienone is 3. The Morgan fingerprint density at radius 3 is 2.67 bits per heavy atom. The second-order valence-corrected chi connectivity index (χ2v) is 6.29. The monoisotopic (exact) mass is 311 g/mol. The molecule has 1 N–H and O–H groups in total. The Morgan fingerprint density at radius 1 is 1.00 bits per heavy atom. The average molecular weight is 311 g/mol. The molecule has 1 heterocycles. The van der Waals surface area contributed by atoms with Gasteiger partial charge in [-0.15, -0.1) is 0 Å². The van der Waals surface area contributed by atoms with Crippen molar-refractivity contribution >= 4 is 6.08 Å². The Bertz CT molecular complexity index is 940. The summed E-state index contributed by atoms with van der Waals surface area (Å²) in [4.78, 5) is 3.41. The molecule has 0 saturated carbocycles. The Morgan fingerprint density at radius 2 is 1.88 bits per heavy atom. The molecule has 0 radical (unpaired) electrons. The number of benzene rings is 2. The van der Waals surface area contributed by atoms with Crippen molar-refractivity contribution in [3.8, 4) is 22.4 Å². The lowest BCUT2D eigenvalue weighted by molar-refractivity contribution is 1.23. The fraction of sp³-hybridized carbons (Fsp3) is 0.130. The first kappa shape index (κ1) is 14.8. The van der Waals surface area contributed by atoms with Crippen LogP contribution in [0.15, 0.2) is 66.9 Å². The zero-order valence-corrected chi connectivity index (χ0v) is 14.1. The van der Waals surface area contributed by atoms with Gasteiger partial charge < -0.3 is 4.98 Å². The van der Waals surface area contributed by atoms with Gasteiger partial charge in [0, 0.05) is 17.5 Å². The number of aromatic nitrogens is 1. The summed E-state index contributed by atoms with van der Waals surface area (Å²) in [7, 11) is 0. The van der Waals surface area contributed by atoms with Crippen molar-refractivity contribution in [3.63, 3.8) is 0 Å². The van der Waals surface area contributed by atoms with Gasteiger partial charge in [-0.25, -0.2) is 0 Å². The first-order chi connectivity index (χ1) is 11.8. The molecular formula is C23H21N. The van der Waals surface area contributed by atoms with Gasteiger partial charge in [-0.2, -0.15) is 0 Å². The number of rotatable bonds is 3. The number of H-pyrrole nitrogens is 1. The van der Waals surface area contributed by atoms with Crippen molar-refractivity contribution < 1.29 is 0 Å². The van der Waals surface area contributed by atoms with Crippen molar-refractivity contribution in [2.24, 2.45) is 0 Å². The predicted molar refractivity (Wildman–Crippen MR) is 103 cm³/mol. The number of fused-ring (bicyclic) bond motifs is 3. The van der Waals surface area contributed by atoms with E-state index in [9.17, 15) is 0 Å². The fourth-order valence-corrected chi connectivity index (χ4v) is 3.70. The number of hydrogen-bond donors (Lipinski definition) is 1. The maximum atomic E-state index is 3.41. The molecule has 0 aliphatic heterocycles. The molecule has 4 rings (SSSR count). The van der Waals surface area contributed by atoms with E-state index in [2.05, 4.69) is 78.7 Å². The van der Waals surface area contributed by atoms with Crippen LogP contribution in [0.4, 0.5) is 0 Å². The van der Waals surface area contributed by atoms with Gasteiger partial charge in [0.05, 0.1) is 0 Å². The second kappa shape index (κ2) is 6.01. The lowest BCUT2D eigenvalue weighted by Crippen LogP contribution is -1.95. The quantitative estimate of drug-likeness (QED) is 0.437. The van der Waals surface area contributed by atoms with Crippen molar-refractivity contribution in [1.82, 2.24) is 4.98 Å². The van der Waals surface area contributed by atoms with E-state index in [1.165, 1.54) is 44.6 Å². The summed E-state index contributed by atoms with van der Waals surface area (Å²) in [5.41, 5.74) is 10.8. The van der Waals surface area contributed by atoms with E-state index in [0.717, 1.165) is 6.42 Å². The zero-order chi connectivity index (χ0) is 16.5. The molecule has 0 unspecified atom stereocenters. The number of nitrogens with one attached hydrogen (secondary N) is 1. The predicted octanol–water partition coefficient (Wildman–Crippen LogP) is 6.15. The van der Waals surface area contributed by atoms with Crippen molar-refractivity contribution in [1.29, 1.82) is 0 Å². The van der Waals surface area contributed by atoms with Gasteiger partial charge in [0.2, 0.25) is 0 Å². The van der Waals surface area contributed by atoms with Crippen LogP contribution in [-0.4, -0.2) is 4.98 Å². The standard InChI is InChI=1S/C23H21N/c1-3-4-5-9-17-14-20-19-11-7-6-10-18(19)15-21(20)23(16(17)2)22-12-8-13-24-22/h3-14,24H,15H2,1-2H3. The molecule has 1 heteroatoms. The second-order valence-electron chi connectivity index (χ2n) is 6.29. The molecule has 1 aromatic heterocycles. The maximum Gasteiger partial charge on any atom is 0.0459 e. The Labute approximate surface area is 143 Å². The van der Waals surface area contributed by atoms with Crippen LogP contribution in [-0.2, 0) is 6.42 Å². The van der Waals surface area contributed by atoms with E-state index in [4.69, 9.17) is 0 Å². The highest BCUT2D eigenvalue weighted by molar-refractivity contribution is 5.88. The highest BCUT2D eigenvalue weighted by Crippen LogP contribution is 2.44. The summed E-state index contributed by atoms with van der Waals surface area (Å²) in [5, 5.41) is 0. The Hall–Kier alpha value is -2.80. The van der Waals surface area contributed by atoms with Crippen LogP contribution in [0, 0.1) is 6.92 Å². The molecule has 0 amide bonds. The van der Waals surface area contributed by atoms with Crippen LogP contribution in [0.3, 0.4) is 0 Å². The average Bonchev–Trinajstić information content (AvgIpc) is 3.23. The number of aromatic amines is 1. The van der Waals surface area contributed by atoms with Crippen LogP contribution >= 0.6 is 0 Å². The third kappa shape index (κ3) is 2.33. The molecule has 0 fully saturated rings. The van der Waals surface area contributed by atoms with Crippen molar-refractivity contribution in [2.75, 3.05) is 0 Å². The van der Waals surface area contributed by atoms with Gasteiger partial charge in [0.1, 0.15) is 0 Å². The maximum absolute atomic E-state index is 3.41. The summed E-state index contributed by atoms with van der Waals surface area (Å²) < 4.78 is 0. The third-order valence-corrected chi connectivity index (χ3v) is 4.86. The number of hydrogen-bond acceptors (Lipinski definition) is 0. The van der Waals surface area contributed by atoms with Gasteiger partial charge in [-0.05, 0) is 71.8 Å². The molecule has 1 aliphatic carbocycles. The summed E-state index contributed by atoms with van der Waals surface area (Å²) in [6.45, 7) is 4.27. The Kier molecular flexibility index (Phi) is 3.70. The van der Waals surface area contributed by atoms with Crippen LogP contribution < -0.4 is 0 Å². The zero-order valence-electron chi connectivity index (χ0n) is 14.1. The minimum Gasteiger partial charge on any atom is -0.361 e. The molecule has 0 saturated heterocycles. The highest BCUT2D eigenvalue weighted by Gasteiger charge is 2.24. The largest absolute Gasteiger partial charge is 0.361 e. The van der Waals surface area contributed by atoms with Crippen LogP contribution in [0.5, 0.6) is 0 Å². The summed E-state index contributed by atoms with van der Waals surface area (Å²) in [6.07, 6.45) is 11.5. The first-order valence-corrected chi connectivity index (χ1v) is 8.47. The smallest absolute Gasteiger partial charge is 0.0459 e. The Balaban J connectivity index is 1.99. The minimum atomic E-state index is 1.01. The first-order valence-electron chi connectivity index (χ1n) is 8.47. The topological polar surface area (TPSA) is 15.8 Å². The van der Waals surface area contributed by atoms with E-state index in [1.54, 1.807) is 0 Å². The van der Waals surface area contributed by atoms with Gasteiger partial charge in [0.15, 0.2) is 0 Å². The molecule has 1 nitrogen and oxygen atoms in total. The molecule has 0 spiro atoms. The van der Waals surface area contributed by atoms with Gasteiger partial charge in [-0.3, -0.25) is 0 Å². The highest BCUT2D eigenvalue weighted by atomic mass is 14.7. The summed E-state index contributed by atoms with van der Waals surface area (Å²) >= 11 is 0. The summed E-state index contributed by atoms with van der Waals surface area (Å²) in [5.74, 6) is 0. The molecule has 24 heavy (non-hydrogen) atoms. The van der Waals surface area contributed by atoms with Gasteiger partial charge in [-0.1, -0.05) is 48.6 Å². The van der Waals surface area contributed by atoms with E-state index in [1.807, 2.05) is 13.1 Å². The molecular weight excluding hydrogens is 290 g/mol. The lowest BCUT2D eigenvalue weighted by Gasteiger charge is -2.15. The van der Waals surface area contributed by atoms with Crippen LogP contribution in [0.25, 0.3) is 28.5 Å². The van der Waals surface area contributed by atoms with E-state index >= 15 is 0 Å². The van der Waals surface area contributed by atoms with E-state index in [0.29, 0.717) is 0 Å². The molecule has 118 valence electrons. The molecule has 1 aliphatic rings. The summed E-state index contributed by atoms with van der Waals surface area (Å²) in [6, 6.07) is 15.4. The normalized spacial score (nSPS) is 12.9. The van der Waals surface area contributed by atoms with Crippen LogP contribution in [0.2, 0.25) is 0 Å². The minimum absolute atomic E-state index is 1.01. The van der Waals surface area contributed by atoms with Crippen molar-refractivity contribution in [2.45, 2.75) is 20.3 Å². The third-order valence-electron chi connectivity index (χ3n) is 4.86. The lowest BCUT2D eigenvalue weighted by atomic mass is 9.90.